The summed E-state index contributed by atoms with van der Waals surface area (Å²) in [5.74, 6) is 0.805. The van der Waals surface area contributed by atoms with Crippen LogP contribution in [-0.4, -0.2) is 42.5 Å². The highest BCUT2D eigenvalue weighted by Gasteiger charge is 2.23. The Hall–Kier alpha value is -2.04. The minimum absolute atomic E-state index is 0.0268. The van der Waals surface area contributed by atoms with Crippen molar-refractivity contribution in [1.82, 2.24) is 10.2 Å². The molecule has 5 nitrogen and oxygen atoms in total. The Balaban J connectivity index is 1.67. The summed E-state index contributed by atoms with van der Waals surface area (Å²) in [4.78, 5) is 25.6. The number of likely N-dealkylation sites (tertiary alicyclic amines) is 1. The molecule has 1 aromatic rings. The number of carbonyl (C=O) groups excluding carboxylic acids is 2. The largest absolute Gasteiger partial charge is 0.484 e. The number of amides is 2. The van der Waals surface area contributed by atoms with Gasteiger partial charge in [0.15, 0.2) is 6.61 Å². The number of ether oxygens (including phenoxy) is 1. The van der Waals surface area contributed by atoms with Crippen LogP contribution in [0.1, 0.15) is 32.6 Å². The SMILES string of the molecule is CCCC(=O)N1CCC(NC(=O)COc2ccccc2)CC1. The predicted octanol–water partition coefficient (Wildman–Crippen LogP) is 1.97. The quantitative estimate of drug-likeness (QED) is 0.874. The van der Waals surface area contributed by atoms with Gasteiger partial charge >= 0.3 is 0 Å². The van der Waals surface area contributed by atoms with E-state index in [9.17, 15) is 9.59 Å². The van der Waals surface area contributed by atoms with Crippen LogP contribution in [-0.2, 0) is 9.59 Å². The van der Waals surface area contributed by atoms with Crippen molar-refractivity contribution in [3.8, 4) is 5.75 Å². The zero-order valence-electron chi connectivity index (χ0n) is 13.1. The fourth-order valence-electron chi connectivity index (χ4n) is 2.58. The molecule has 0 saturated carbocycles. The number of carbonyl (C=O) groups is 2. The Kier molecular flexibility index (Phi) is 6.25. The third-order valence-corrected chi connectivity index (χ3v) is 3.79. The van der Waals surface area contributed by atoms with E-state index in [1.807, 2.05) is 42.2 Å². The monoisotopic (exact) mass is 304 g/mol. The van der Waals surface area contributed by atoms with Crippen LogP contribution in [0.5, 0.6) is 5.75 Å². The molecule has 1 aliphatic heterocycles. The predicted molar refractivity (Wildman–Crippen MR) is 84.6 cm³/mol. The molecule has 5 heteroatoms. The van der Waals surface area contributed by atoms with Crippen LogP contribution in [0.15, 0.2) is 30.3 Å². The van der Waals surface area contributed by atoms with Crippen molar-refractivity contribution >= 4 is 11.8 Å². The Morgan fingerprint density at radius 1 is 1.23 bits per heavy atom. The summed E-state index contributed by atoms with van der Waals surface area (Å²) in [7, 11) is 0. The average Bonchev–Trinajstić information content (AvgIpc) is 2.55. The minimum Gasteiger partial charge on any atom is -0.484 e. The summed E-state index contributed by atoms with van der Waals surface area (Å²) < 4.78 is 5.42. The van der Waals surface area contributed by atoms with Gasteiger partial charge in [0, 0.05) is 25.6 Å². The summed E-state index contributed by atoms with van der Waals surface area (Å²) >= 11 is 0. The lowest BCUT2D eigenvalue weighted by Crippen LogP contribution is -2.47. The van der Waals surface area contributed by atoms with Crippen LogP contribution in [0.3, 0.4) is 0 Å². The van der Waals surface area contributed by atoms with Gasteiger partial charge in [-0.2, -0.15) is 0 Å². The summed E-state index contributed by atoms with van der Waals surface area (Å²) in [5.41, 5.74) is 0. The van der Waals surface area contributed by atoms with E-state index in [1.165, 1.54) is 0 Å². The standard InChI is InChI=1S/C17H24N2O3/c1-2-6-17(21)19-11-9-14(10-12-19)18-16(20)13-22-15-7-4-3-5-8-15/h3-5,7-8,14H,2,6,9-13H2,1H3,(H,18,20). The fourth-order valence-corrected chi connectivity index (χ4v) is 2.58. The van der Waals surface area contributed by atoms with Gasteiger partial charge in [-0.1, -0.05) is 25.1 Å². The molecule has 1 heterocycles. The Labute approximate surface area is 131 Å². The second-order valence-electron chi connectivity index (χ2n) is 5.57. The minimum atomic E-state index is -0.109. The molecule has 1 fully saturated rings. The van der Waals surface area contributed by atoms with Gasteiger partial charge in [-0.05, 0) is 31.4 Å². The maximum Gasteiger partial charge on any atom is 0.258 e. The maximum absolute atomic E-state index is 11.9. The number of hydrogen-bond donors (Lipinski definition) is 1. The Bertz CT molecular complexity index is 482. The van der Waals surface area contributed by atoms with Gasteiger partial charge in [-0.3, -0.25) is 9.59 Å². The number of para-hydroxylation sites is 1. The van der Waals surface area contributed by atoms with E-state index >= 15 is 0 Å². The number of hydrogen-bond acceptors (Lipinski definition) is 3. The second-order valence-corrected chi connectivity index (χ2v) is 5.57. The van der Waals surface area contributed by atoms with Gasteiger partial charge in [-0.25, -0.2) is 0 Å². The summed E-state index contributed by atoms with van der Waals surface area (Å²) in [6.07, 6.45) is 3.12. The van der Waals surface area contributed by atoms with Crippen LogP contribution in [0.2, 0.25) is 0 Å². The molecule has 0 spiro atoms. The molecule has 1 saturated heterocycles. The average molecular weight is 304 g/mol. The molecule has 1 aliphatic rings. The van der Waals surface area contributed by atoms with Crippen molar-refractivity contribution in [3.63, 3.8) is 0 Å². The third kappa shape index (κ3) is 5.06. The number of nitrogens with zero attached hydrogens (tertiary/aromatic N) is 1. The first-order valence-corrected chi connectivity index (χ1v) is 7.94. The van der Waals surface area contributed by atoms with Crippen LogP contribution in [0.25, 0.3) is 0 Å². The smallest absolute Gasteiger partial charge is 0.258 e. The van der Waals surface area contributed by atoms with E-state index in [-0.39, 0.29) is 24.5 Å². The molecule has 2 amide bonds. The van der Waals surface area contributed by atoms with Gasteiger partial charge in [-0.15, -0.1) is 0 Å². The zero-order chi connectivity index (χ0) is 15.8. The second kappa shape index (κ2) is 8.41. The van der Waals surface area contributed by atoms with Gasteiger partial charge in [0.05, 0.1) is 0 Å². The summed E-state index contributed by atoms with van der Waals surface area (Å²) in [6, 6.07) is 9.43. The molecule has 0 aromatic heterocycles. The molecule has 22 heavy (non-hydrogen) atoms. The summed E-state index contributed by atoms with van der Waals surface area (Å²) in [5, 5.41) is 2.98. The number of benzene rings is 1. The highest BCUT2D eigenvalue weighted by atomic mass is 16.5. The van der Waals surface area contributed by atoms with Gasteiger partial charge < -0.3 is 15.0 Å². The van der Waals surface area contributed by atoms with E-state index < -0.39 is 0 Å². The fraction of sp³-hybridized carbons (Fsp3) is 0.529. The van der Waals surface area contributed by atoms with Crippen molar-refractivity contribution in [1.29, 1.82) is 0 Å². The Morgan fingerprint density at radius 2 is 1.91 bits per heavy atom. The molecule has 1 aromatic carbocycles. The first-order valence-electron chi connectivity index (χ1n) is 7.94. The van der Waals surface area contributed by atoms with Gasteiger partial charge in [0.2, 0.25) is 5.91 Å². The van der Waals surface area contributed by atoms with Crippen LogP contribution in [0.4, 0.5) is 0 Å². The van der Waals surface area contributed by atoms with Crippen molar-refractivity contribution in [2.45, 2.75) is 38.6 Å². The maximum atomic E-state index is 11.9. The van der Waals surface area contributed by atoms with E-state index in [1.54, 1.807) is 0 Å². The molecule has 0 aliphatic carbocycles. The van der Waals surface area contributed by atoms with Crippen LogP contribution in [0, 0.1) is 0 Å². The van der Waals surface area contributed by atoms with Crippen molar-refractivity contribution in [2.24, 2.45) is 0 Å². The van der Waals surface area contributed by atoms with E-state index in [4.69, 9.17) is 4.74 Å². The Morgan fingerprint density at radius 3 is 2.55 bits per heavy atom. The molecule has 0 atom stereocenters. The first kappa shape index (κ1) is 16.3. The molecule has 120 valence electrons. The van der Waals surface area contributed by atoms with Gasteiger partial charge in [0.25, 0.3) is 5.91 Å². The van der Waals surface area contributed by atoms with E-state index in [0.29, 0.717) is 12.2 Å². The summed E-state index contributed by atoms with van der Waals surface area (Å²) in [6.45, 7) is 3.49. The zero-order valence-corrected chi connectivity index (χ0v) is 13.1. The number of nitrogens with one attached hydrogen (secondary N) is 1. The lowest BCUT2D eigenvalue weighted by Gasteiger charge is -2.32. The van der Waals surface area contributed by atoms with Gasteiger partial charge in [0.1, 0.15) is 5.75 Å². The molecule has 1 N–H and O–H groups in total. The lowest BCUT2D eigenvalue weighted by molar-refractivity contribution is -0.132. The first-order chi connectivity index (χ1) is 10.7. The molecular weight excluding hydrogens is 280 g/mol. The van der Waals surface area contributed by atoms with Crippen molar-refractivity contribution < 1.29 is 14.3 Å². The third-order valence-electron chi connectivity index (χ3n) is 3.79. The lowest BCUT2D eigenvalue weighted by atomic mass is 10.0. The highest BCUT2D eigenvalue weighted by molar-refractivity contribution is 5.78. The van der Waals surface area contributed by atoms with E-state index in [2.05, 4.69) is 5.32 Å². The van der Waals surface area contributed by atoms with Crippen LogP contribution < -0.4 is 10.1 Å². The normalized spacial score (nSPS) is 15.4. The van der Waals surface area contributed by atoms with Crippen molar-refractivity contribution in [2.75, 3.05) is 19.7 Å². The molecule has 0 unspecified atom stereocenters. The number of rotatable bonds is 6. The molecule has 0 bridgehead atoms. The molecule has 0 radical (unpaired) electrons. The van der Waals surface area contributed by atoms with Crippen molar-refractivity contribution in [3.05, 3.63) is 30.3 Å². The van der Waals surface area contributed by atoms with E-state index in [0.717, 1.165) is 32.4 Å². The molecule has 2 rings (SSSR count). The number of piperidine rings is 1. The molecular formula is C17H24N2O3. The van der Waals surface area contributed by atoms with Crippen LogP contribution >= 0.6 is 0 Å². The topological polar surface area (TPSA) is 58.6 Å². The highest BCUT2D eigenvalue weighted by Crippen LogP contribution is 2.12.